The van der Waals surface area contributed by atoms with Crippen molar-refractivity contribution in [3.05, 3.63) is 21.9 Å². The lowest BCUT2D eigenvalue weighted by Crippen LogP contribution is -2.39. The molecule has 1 atom stereocenters. The number of aryl methyl sites for hydroxylation is 1. The first kappa shape index (κ1) is 14.7. The van der Waals surface area contributed by atoms with Gasteiger partial charge in [-0.3, -0.25) is 4.79 Å². The predicted octanol–water partition coefficient (Wildman–Crippen LogP) is 1.61. The maximum atomic E-state index is 11.4. The average molecular weight is 265 g/mol. The lowest BCUT2D eigenvalue weighted by atomic mass is 10.2. The third-order valence-electron chi connectivity index (χ3n) is 2.47. The Balaban J connectivity index is 2.18. The standard InChI is InChI=1S/C13H19N3OS/c1-10(8-12-5-4-11(2)18-12)16-9-13(17)15-7-3-6-14/h4-5,10,16H,3,7-9H2,1-2H3,(H,15,17). The van der Waals surface area contributed by atoms with Gasteiger partial charge in [0, 0.05) is 22.3 Å². The van der Waals surface area contributed by atoms with E-state index in [4.69, 9.17) is 5.26 Å². The molecule has 1 rings (SSSR count). The molecule has 0 aliphatic carbocycles. The minimum atomic E-state index is -0.0561. The van der Waals surface area contributed by atoms with E-state index in [2.05, 4.69) is 36.6 Å². The molecule has 1 aromatic rings. The van der Waals surface area contributed by atoms with Crippen LogP contribution < -0.4 is 10.6 Å². The van der Waals surface area contributed by atoms with Crippen LogP contribution in [0.25, 0.3) is 0 Å². The number of carbonyl (C=O) groups excluding carboxylic acids is 1. The highest BCUT2D eigenvalue weighted by molar-refractivity contribution is 7.11. The van der Waals surface area contributed by atoms with Crippen LogP contribution in [-0.4, -0.2) is 25.0 Å². The molecule has 18 heavy (non-hydrogen) atoms. The smallest absolute Gasteiger partial charge is 0.233 e. The van der Waals surface area contributed by atoms with Crippen molar-refractivity contribution in [2.45, 2.75) is 32.7 Å². The van der Waals surface area contributed by atoms with Crippen LogP contribution in [-0.2, 0) is 11.2 Å². The second-order valence-electron chi connectivity index (χ2n) is 4.26. The van der Waals surface area contributed by atoms with Crippen LogP contribution in [0.1, 0.15) is 23.1 Å². The minimum absolute atomic E-state index is 0.0561. The van der Waals surface area contributed by atoms with Crippen molar-refractivity contribution < 1.29 is 4.79 Å². The fraction of sp³-hybridized carbons (Fsp3) is 0.538. The van der Waals surface area contributed by atoms with Gasteiger partial charge in [0.15, 0.2) is 0 Å². The predicted molar refractivity (Wildman–Crippen MR) is 73.5 cm³/mol. The summed E-state index contributed by atoms with van der Waals surface area (Å²) in [4.78, 5) is 14.0. The lowest BCUT2D eigenvalue weighted by molar-refractivity contribution is -0.120. The summed E-state index contributed by atoms with van der Waals surface area (Å²) in [5, 5.41) is 14.2. The summed E-state index contributed by atoms with van der Waals surface area (Å²) < 4.78 is 0. The van der Waals surface area contributed by atoms with Gasteiger partial charge in [-0.05, 0) is 32.4 Å². The molecule has 1 aromatic heterocycles. The Morgan fingerprint density at radius 1 is 1.56 bits per heavy atom. The molecule has 0 radical (unpaired) electrons. The van der Waals surface area contributed by atoms with Crippen molar-refractivity contribution in [1.29, 1.82) is 5.26 Å². The van der Waals surface area contributed by atoms with Crippen molar-refractivity contribution in [1.82, 2.24) is 10.6 Å². The van der Waals surface area contributed by atoms with Crippen LogP contribution in [0, 0.1) is 18.3 Å². The lowest BCUT2D eigenvalue weighted by Gasteiger charge is -2.12. The number of carbonyl (C=O) groups is 1. The van der Waals surface area contributed by atoms with Gasteiger partial charge in [0.25, 0.3) is 0 Å². The first-order chi connectivity index (χ1) is 8.61. The fourth-order valence-electron chi connectivity index (χ4n) is 1.56. The van der Waals surface area contributed by atoms with Gasteiger partial charge in [-0.15, -0.1) is 11.3 Å². The normalized spacial score (nSPS) is 11.8. The molecule has 0 aromatic carbocycles. The van der Waals surface area contributed by atoms with Gasteiger partial charge in [-0.1, -0.05) is 0 Å². The van der Waals surface area contributed by atoms with Crippen LogP contribution in [0.15, 0.2) is 12.1 Å². The van der Waals surface area contributed by atoms with Gasteiger partial charge in [0.1, 0.15) is 0 Å². The Kier molecular flexibility index (Phi) is 6.40. The summed E-state index contributed by atoms with van der Waals surface area (Å²) in [6, 6.07) is 6.50. The highest BCUT2D eigenvalue weighted by Gasteiger charge is 2.07. The van der Waals surface area contributed by atoms with E-state index in [1.165, 1.54) is 9.75 Å². The van der Waals surface area contributed by atoms with Crippen LogP contribution >= 0.6 is 11.3 Å². The molecule has 0 bridgehead atoms. The zero-order chi connectivity index (χ0) is 13.4. The highest BCUT2D eigenvalue weighted by Crippen LogP contribution is 2.16. The summed E-state index contributed by atoms with van der Waals surface area (Å²) in [7, 11) is 0. The Hall–Kier alpha value is -1.38. The molecule has 0 spiro atoms. The fourth-order valence-corrected chi connectivity index (χ4v) is 2.58. The van der Waals surface area contributed by atoms with Crippen LogP contribution in [0.2, 0.25) is 0 Å². The molecule has 0 saturated carbocycles. The summed E-state index contributed by atoms with van der Waals surface area (Å²) in [6.45, 7) is 4.89. The summed E-state index contributed by atoms with van der Waals surface area (Å²) >= 11 is 1.79. The molecule has 5 heteroatoms. The molecule has 1 unspecified atom stereocenters. The van der Waals surface area contributed by atoms with Crippen molar-refractivity contribution in [3.63, 3.8) is 0 Å². The number of rotatable bonds is 7. The molecule has 4 nitrogen and oxygen atoms in total. The van der Waals surface area contributed by atoms with E-state index < -0.39 is 0 Å². The molecular formula is C13H19N3OS. The molecule has 0 saturated heterocycles. The number of nitrogens with one attached hydrogen (secondary N) is 2. The number of nitriles is 1. The third kappa shape index (κ3) is 5.80. The molecule has 0 aliphatic heterocycles. The van der Waals surface area contributed by atoms with Gasteiger partial charge in [0.05, 0.1) is 19.0 Å². The molecule has 1 amide bonds. The molecule has 1 heterocycles. The van der Waals surface area contributed by atoms with Gasteiger partial charge in [0.2, 0.25) is 5.91 Å². The van der Waals surface area contributed by atoms with Crippen molar-refractivity contribution >= 4 is 17.2 Å². The molecule has 0 aliphatic rings. The molecular weight excluding hydrogens is 246 g/mol. The van der Waals surface area contributed by atoms with Crippen molar-refractivity contribution in [3.8, 4) is 6.07 Å². The average Bonchev–Trinajstić information content (AvgIpc) is 2.72. The minimum Gasteiger partial charge on any atom is -0.354 e. The SMILES string of the molecule is Cc1ccc(CC(C)NCC(=O)NCCC#N)s1. The monoisotopic (exact) mass is 265 g/mol. The highest BCUT2D eigenvalue weighted by atomic mass is 32.1. The van der Waals surface area contributed by atoms with E-state index in [1.54, 1.807) is 11.3 Å². The molecule has 2 N–H and O–H groups in total. The largest absolute Gasteiger partial charge is 0.354 e. The van der Waals surface area contributed by atoms with Crippen molar-refractivity contribution in [2.24, 2.45) is 0 Å². The first-order valence-electron chi connectivity index (χ1n) is 6.04. The zero-order valence-electron chi connectivity index (χ0n) is 10.8. The second-order valence-corrected chi connectivity index (χ2v) is 5.63. The number of thiophene rings is 1. The molecule has 98 valence electrons. The third-order valence-corrected chi connectivity index (χ3v) is 3.50. The Labute approximate surface area is 112 Å². The van der Waals surface area contributed by atoms with E-state index >= 15 is 0 Å². The number of hydrogen-bond donors (Lipinski definition) is 2. The van der Waals surface area contributed by atoms with Crippen LogP contribution in [0.3, 0.4) is 0 Å². The summed E-state index contributed by atoms with van der Waals surface area (Å²) in [5.74, 6) is -0.0561. The number of amides is 1. The Morgan fingerprint density at radius 2 is 2.33 bits per heavy atom. The van der Waals surface area contributed by atoms with Gasteiger partial charge < -0.3 is 10.6 Å². The van der Waals surface area contributed by atoms with Gasteiger partial charge >= 0.3 is 0 Å². The van der Waals surface area contributed by atoms with Gasteiger partial charge in [-0.2, -0.15) is 5.26 Å². The molecule has 0 fully saturated rings. The van der Waals surface area contributed by atoms with Gasteiger partial charge in [-0.25, -0.2) is 0 Å². The zero-order valence-corrected chi connectivity index (χ0v) is 11.6. The summed E-state index contributed by atoms with van der Waals surface area (Å²) in [5.41, 5.74) is 0. The number of hydrogen-bond acceptors (Lipinski definition) is 4. The van der Waals surface area contributed by atoms with E-state index in [-0.39, 0.29) is 11.9 Å². The maximum Gasteiger partial charge on any atom is 0.233 e. The Bertz CT molecular complexity index is 422. The van der Waals surface area contributed by atoms with Crippen molar-refractivity contribution in [2.75, 3.05) is 13.1 Å². The topological polar surface area (TPSA) is 64.9 Å². The van der Waals surface area contributed by atoms with E-state index in [9.17, 15) is 4.79 Å². The van der Waals surface area contributed by atoms with Crippen LogP contribution in [0.4, 0.5) is 0 Å². The van der Waals surface area contributed by atoms with Crippen LogP contribution in [0.5, 0.6) is 0 Å². The maximum absolute atomic E-state index is 11.4. The van der Waals surface area contributed by atoms with E-state index in [0.29, 0.717) is 19.5 Å². The first-order valence-corrected chi connectivity index (χ1v) is 6.86. The van der Waals surface area contributed by atoms with E-state index in [1.807, 2.05) is 6.07 Å². The summed E-state index contributed by atoms with van der Waals surface area (Å²) in [6.07, 6.45) is 1.29. The van der Waals surface area contributed by atoms with E-state index in [0.717, 1.165) is 6.42 Å². The quantitative estimate of drug-likeness (QED) is 0.736. The Morgan fingerprint density at radius 3 is 2.94 bits per heavy atom. The number of nitrogens with zero attached hydrogens (tertiary/aromatic N) is 1. The second kappa shape index (κ2) is 7.85.